The normalized spacial score (nSPS) is 18.0. The number of nitrogens with zero attached hydrogens (tertiary/aromatic N) is 3. The number of hydrogen-bond acceptors (Lipinski definition) is 7. The number of carbonyl (C=O) groups excluding carboxylic acids is 1. The van der Waals surface area contributed by atoms with Crippen LogP contribution in [0.2, 0.25) is 0 Å². The summed E-state index contributed by atoms with van der Waals surface area (Å²) in [5.74, 6) is 0.600. The van der Waals surface area contributed by atoms with Gasteiger partial charge in [0.15, 0.2) is 11.5 Å². The SMILES string of the molecule is COC(=O)c1cc(N2CCNC[C@H](C)O2)nc(C)n1.Cl.Cl. The number of nitrogens with one attached hydrogen (secondary N) is 1. The number of aryl methyl sites for hydroxylation is 1. The molecule has 0 spiro atoms. The molecular formula is C12H20Cl2N4O3. The second-order valence-electron chi connectivity index (χ2n) is 4.37. The molecule has 1 saturated heterocycles. The van der Waals surface area contributed by atoms with Gasteiger partial charge in [-0.1, -0.05) is 0 Å². The van der Waals surface area contributed by atoms with Gasteiger partial charge in [0.05, 0.1) is 19.8 Å². The number of carbonyl (C=O) groups is 1. The molecular weight excluding hydrogens is 319 g/mol. The fourth-order valence-corrected chi connectivity index (χ4v) is 1.85. The van der Waals surface area contributed by atoms with Gasteiger partial charge in [-0.05, 0) is 13.8 Å². The molecule has 21 heavy (non-hydrogen) atoms. The van der Waals surface area contributed by atoms with Crippen LogP contribution in [0.4, 0.5) is 5.82 Å². The van der Waals surface area contributed by atoms with Crippen molar-refractivity contribution in [3.05, 3.63) is 17.6 Å². The third-order valence-corrected chi connectivity index (χ3v) is 2.71. The maximum absolute atomic E-state index is 11.5. The Labute approximate surface area is 136 Å². The predicted molar refractivity (Wildman–Crippen MR) is 83.4 cm³/mol. The van der Waals surface area contributed by atoms with Crippen molar-refractivity contribution >= 4 is 36.6 Å². The maximum atomic E-state index is 11.5. The lowest BCUT2D eigenvalue weighted by Crippen LogP contribution is -2.30. The first-order valence-electron chi connectivity index (χ1n) is 6.19. The molecule has 1 aromatic heterocycles. The van der Waals surface area contributed by atoms with Crippen LogP contribution in [0.25, 0.3) is 0 Å². The molecule has 7 nitrogen and oxygen atoms in total. The van der Waals surface area contributed by atoms with Gasteiger partial charge in [-0.3, -0.25) is 4.84 Å². The monoisotopic (exact) mass is 338 g/mol. The molecule has 1 aliphatic heterocycles. The van der Waals surface area contributed by atoms with Crippen molar-refractivity contribution in [1.29, 1.82) is 0 Å². The average Bonchev–Trinajstić information content (AvgIpc) is 2.61. The quantitative estimate of drug-likeness (QED) is 0.810. The van der Waals surface area contributed by atoms with Crippen molar-refractivity contribution in [2.24, 2.45) is 0 Å². The summed E-state index contributed by atoms with van der Waals surface area (Å²) in [6.45, 7) is 5.93. The van der Waals surface area contributed by atoms with Crippen LogP contribution in [0.15, 0.2) is 6.07 Å². The van der Waals surface area contributed by atoms with Crippen molar-refractivity contribution in [2.45, 2.75) is 20.0 Å². The van der Waals surface area contributed by atoms with Crippen LogP contribution in [-0.2, 0) is 9.57 Å². The summed E-state index contributed by atoms with van der Waals surface area (Å²) in [5, 5.41) is 4.94. The zero-order valence-corrected chi connectivity index (χ0v) is 13.8. The lowest BCUT2D eigenvalue weighted by atomic mass is 10.3. The fraction of sp³-hybridized carbons (Fsp3) is 0.583. The van der Waals surface area contributed by atoms with Gasteiger partial charge in [-0.2, -0.15) is 0 Å². The van der Waals surface area contributed by atoms with Gasteiger partial charge in [0.2, 0.25) is 0 Å². The summed E-state index contributed by atoms with van der Waals surface area (Å²) < 4.78 is 4.68. The Kier molecular flexibility index (Phi) is 8.50. The molecule has 0 radical (unpaired) electrons. The lowest BCUT2D eigenvalue weighted by Gasteiger charge is -2.23. The van der Waals surface area contributed by atoms with Gasteiger partial charge in [-0.15, -0.1) is 24.8 Å². The van der Waals surface area contributed by atoms with Gasteiger partial charge in [0.1, 0.15) is 5.82 Å². The Bertz CT molecular complexity index is 476. The minimum Gasteiger partial charge on any atom is -0.464 e. The minimum atomic E-state index is -0.479. The number of esters is 1. The van der Waals surface area contributed by atoms with Gasteiger partial charge in [-0.25, -0.2) is 19.8 Å². The molecule has 0 amide bonds. The van der Waals surface area contributed by atoms with Crippen LogP contribution in [0.5, 0.6) is 0 Å². The predicted octanol–water partition coefficient (Wildman–Crippen LogP) is 1.14. The number of hydrogen-bond donors (Lipinski definition) is 1. The minimum absolute atomic E-state index is 0. The molecule has 1 aliphatic rings. The summed E-state index contributed by atoms with van der Waals surface area (Å²) in [5.41, 5.74) is 0.235. The molecule has 1 fully saturated rings. The smallest absolute Gasteiger partial charge is 0.356 e. The zero-order valence-electron chi connectivity index (χ0n) is 12.2. The summed E-state index contributed by atoms with van der Waals surface area (Å²) in [4.78, 5) is 25.7. The van der Waals surface area contributed by atoms with E-state index >= 15 is 0 Å². The number of halogens is 2. The van der Waals surface area contributed by atoms with Crippen molar-refractivity contribution in [2.75, 3.05) is 31.8 Å². The molecule has 1 N–H and O–H groups in total. The first kappa shape index (κ1) is 19.9. The second kappa shape index (κ2) is 8.99. The second-order valence-corrected chi connectivity index (χ2v) is 4.37. The largest absolute Gasteiger partial charge is 0.464 e. The van der Waals surface area contributed by atoms with Crippen LogP contribution in [0.3, 0.4) is 0 Å². The first-order valence-corrected chi connectivity index (χ1v) is 6.19. The van der Waals surface area contributed by atoms with Gasteiger partial charge in [0, 0.05) is 19.2 Å². The van der Waals surface area contributed by atoms with E-state index in [0.29, 0.717) is 18.2 Å². The molecule has 0 unspecified atom stereocenters. The molecule has 9 heteroatoms. The number of anilines is 1. The number of rotatable bonds is 2. The highest BCUT2D eigenvalue weighted by molar-refractivity contribution is 5.87. The van der Waals surface area contributed by atoms with E-state index in [9.17, 15) is 4.79 Å². The summed E-state index contributed by atoms with van der Waals surface area (Å²) in [6, 6.07) is 1.58. The van der Waals surface area contributed by atoms with Crippen LogP contribution in [0, 0.1) is 6.92 Å². The van der Waals surface area contributed by atoms with E-state index in [1.54, 1.807) is 18.1 Å². The maximum Gasteiger partial charge on any atom is 0.356 e. The molecule has 0 aliphatic carbocycles. The highest BCUT2D eigenvalue weighted by atomic mass is 35.5. The Balaban J connectivity index is 0.00000200. The van der Waals surface area contributed by atoms with E-state index in [-0.39, 0.29) is 36.6 Å². The molecule has 120 valence electrons. The molecule has 2 rings (SSSR count). The fourth-order valence-electron chi connectivity index (χ4n) is 1.85. The van der Waals surface area contributed by atoms with E-state index in [1.807, 2.05) is 6.92 Å². The van der Waals surface area contributed by atoms with Crippen LogP contribution in [-0.4, -0.2) is 48.8 Å². The van der Waals surface area contributed by atoms with Gasteiger partial charge < -0.3 is 10.1 Å². The Morgan fingerprint density at radius 2 is 2.19 bits per heavy atom. The summed E-state index contributed by atoms with van der Waals surface area (Å²) in [7, 11) is 1.33. The number of hydroxylamine groups is 1. The van der Waals surface area contributed by atoms with E-state index in [1.165, 1.54) is 7.11 Å². The van der Waals surface area contributed by atoms with Crippen LogP contribution >= 0.6 is 24.8 Å². The summed E-state index contributed by atoms with van der Waals surface area (Å²) >= 11 is 0. The van der Waals surface area contributed by atoms with Crippen molar-refractivity contribution in [1.82, 2.24) is 15.3 Å². The lowest BCUT2D eigenvalue weighted by molar-refractivity contribution is 0.0565. The molecule has 0 bridgehead atoms. The number of ether oxygens (including phenoxy) is 1. The highest BCUT2D eigenvalue weighted by Gasteiger charge is 2.19. The van der Waals surface area contributed by atoms with E-state index in [4.69, 9.17) is 4.84 Å². The third kappa shape index (κ3) is 5.28. The van der Waals surface area contributed by atoms with E-state index < -0.39 is 5.97 Å². The average molecular weight is 339 g/mol. The standard InChI is InChI=1S/C12H18N4O3.2ClH/c1-8-7-13-4-5-16(19-8)11-6-10(12(17)18-3)14-9(2)15-11;;/h6,8,13H,4-5,7H2,1-3H3;2*1H/t8-;;/m0../s1. The van der Waals surface area contributed by atoms with Crippen LogP contribution in [0.1, 0.15) is 23.2 Å². The van der Waals surface area contributed by atoms with Crippen LogP contribution < -0.4 is 10.4 Å². The molecule has 2 heterocycles. The Hall–Kier alpha value is -1.15. The van der Waals surface area contributed by atoms with E-state index in [0.717, 1.165) is 13.1 Å². The van der Waals surface area contributed by atoms with E-state index in [2.05, 4.69) is 20.0 Å². The highest BCUT2D eigenvalue weighted by Crippen LogP contribution is 2.16. The summed E-state index contributed by atoms with van der Waals surface area (Å²) in [6.07, 6.45) is 0.0411. The topological polar surface area (TPSA) is 76.6 Å². The van der Waals surface area contributed by atoms with Crippen molar-refractivity contribution in [3.8, 4) is 0 Å². The Morgan fingerprint density at radius 1 is 1.48 bits per heavy atom. The first-order chi connectivity index (χ1) is 9.10. The Morgan fingerprint density at radius 3 is 2.86 bits per heavy atom. The third-order valence-electron chi connectivity index (χ3n) is 2.71. The number of aromatic nitrogens is 2. The molecule has 1 aromatic rings. The van der Waals surface area contributed by atoms with Crippen molar-refractivity contribution < 1.29 is 14.4 Å². The van der Waals surface area contributed by atoms with Crippen molar-refractivity contribution in [3.63, 3.8) is 0 Å². The molecule has 0 saturated carbocycles. The van der Waals surface area contributed by atoms with Gasteiger partial charge >= 0.3 is 5.97 Å². The molecule has 0 aromatic carbocycles. The zero-order chi connectivity index (χ0) is 13.8. The number of methoxy groups -OCH3 is 1. The van der Waals surface area contributed by atoms with Gasteiger partial charge in [0.25, 0.3) is 0 Å². The molecule has 1 atom stereocenters.